The van der Waals surface area contributed by atoms with E-state index in [0.717, 1.165) is 12.8 Å². The predicted octanol–water partition coefficient (Wildman–Crippen LogP) is 5.88. The summed E-state index contributed by atoms with van der Waals surface area (Å²) in [4.78, 5) is 0. The van der Waals surface area contributed by atoms with Gasteiger partial charge in [-0.2, -0.15) is 0 Å². The summed E-state index contributed by atoms with van der Waals surface area (Å²) in [5, 5.41) is 0.487. The quantitative estimate of drug-likeness (QED) is 0.507. The largest absolute Gasteiger partial charge is 0.327 e. The minimum atomic E-state index is -0.242. The van der Waals surface area contributed by atoms with Gasteiger partial charge in [-0.15, -0.1) is 0 Å². The molecule has 0 aromatic heterocycles. The molecule has 0 amide bonds. The highest BCUT2D eigenvalue weighted by atomic mass is 35.5. The number of benzene rings is 1. The first-order valence-electron chi connectivity index (χ1n) is 8.33. The molecular formula is C18H29ClFN. The fourth-order valence-corrected chi connectivity index (χ4v) is 2.87. The fraction of sp³-hybridized carbons (Fsp3) is 0.667. The van der Waals surface area contributed by atoms with E-state index in [9.17, 15) is 4.39 Å². The van der Waals surface area contributed by atoms with Gasteiger partial charge in [0.15, 0.2) is 0 Å². The van der Waals surface area contributed by atoms with Crippen molar-refractivity contribution in [3.8, 4) is 0 Å². The molecule has 1 nitrogen and oxygen atoms in total. The van der Waals surface area contributed by atoms with Crippen molar-refractivity contribution in [1.29, 1.82) is 0 Å². The molecule has 3 heteroatoms. The molecule has 0 bridgehead atoms. The molecule has 1 aromatic carbocycles. The van der Waals surface area contributed by atoms with Crippen LogP contribution in [0, 0.1) is 5.82 Å². The van der Waals surface area contributed by atoms with E-state index in [1.165, 1.54) is 51.0 Å². The summed E-state index contributed by atoms with van der Waals surface area (Å²) in [6.45, 7) is 2.24. The van der Waals surface area contributed by atoms with Gasteiger partial charge in [-0.05, 0) is 25.0 Å². The number of hydrogen-bond acceptors (Lipinski definition) is 1. The highest BCUT2D eigenvalue weighted by molar-refractivity contribution is 6.31. The van der Waals surface area contributed by atoms with Gasteiger partial charge in [-0.1, -0.05) is 76.0 Å². The predicted molar refractivity (Wildman–Crippen MR) is 90.3 cm³/mol. The van der Waals surface area contributed by atoms with Crippen molar-refractivity contribution in [3.05, 3.63) is 34.6 Å². The van der Waals surface area contributed by atoms with Crippen LogP contribution >= 0.6 is 11.6 Å². The Morgan fingerprint density at radius 3 is 2.29 bits per heavy atom. The van der Waals surface area contributed by atoms with Gasteiger partial charge in [-0.25, -0.2) is 4.39 Å². The van der Waals surface area contributed by atoms with Gasteiger partial charge in [-0.3, -0.25) is 0 Å². The molecule has 1 atom stereocenters. The summed E-state index contributed by atoms with van der Waals surface area (Å²) in [5.74, 6) is -0.242. The van der Waals surface area contributed by atoms with Gasteiger partial charge in [0.2, 0.25) is 0 Å². The van der Waals surface area contributed by atoms with Crippen molar-refractivity contribution in [1.82, 2.24) is 0 Å². The number of rotatable bonds is 11. The lowest BCUT2D eigenvalue weighted by Crippen LogP contribution is -2.23. The Morgan fingerprint density at radius 1 is 1.05 bits per heavy atom. The lowest BCUT2D eigenvalue weighted by Gasteiger charge is -2.13. The third-order valence-electron chi connectivity index (χ3n) is 3.96. The van der Waals surface area contributed by atoms with Crippen LogP contribution in [0.3, 0.4) is 0 Å². The molecule has 0 spiro atoms. The molecule has 0 aliphatic rings. The van der Waals surface area contributed by atoms with Crippen LogP contribution in [0.25, 0.3) is 0 Å². The molecule has 0 aliphatic heterocycles. The van der Waals surface area contributed by atoms with Crippen LogP contribution in [0.1, 0.15) is 70.3 Å². The summed E-state index contributed by atoms with van der Waals surface area (Å²) in [5.41, 5.74) is 6.66. The second-order valence-electron chi connectivity index (χ2n) is 5.93. The molecule has 1 rings (SSSR count). The van der Waals surface area contributed by atoms with Crippen molar-refractivity contribution < 1.29 is 4.39 Å². The summed E-state index contributed by atoms with van der Waals surface area (Å²) in [7, 11) is 0. The minimum Gasteiger partial charge on any atom is -0.327 e. The first-order chi connectivity index (χ1) is 10.1. The van der Waals surface area contributed by atoms with Gasteiger partial charge in [0.25, 0.3) is 0 Å². The van der Waals surface area contributed by atoms with Crippen LogP contribution < -0.4 is 5.73 Å². The fourth-order valence-electron chi connectivity index (χ4n) is 2.63. The van der Waals surface area contributed by atoms with Gasteiger partial charge in [0.05, 0.1) is 0 Å². The Balaban J connectivity index is 2.13. The molecule has 2 N–H and O–H groups in total. The molecule has 1 unspecified atom stereocenters. The molecule has 21 heavy (non-hydrogen) atoms. The Hall–Kier alpha value is -0.600. The van der Waals surface area contributed by atoms with E-state index in [-0.39, 0.29) is 11.9 Å². The van der Waals surface area contributed by atoms with E-state index < -0.39 is 0 Å². The highest BCUT2D eigenvalue weighted by Gasteiger charge is 2.11. The monoisotopic (exact) mass is 313 g/mol. The molecule has 0 aliphatic carbocycles. The number of unbranched alkanes of at least 4 members (excludes halogenated alkanes) is 7. The molecule has 0 saturated carbocycles. The van der Waals surface area contributed by atoms with E-state index in [1.54, 1.807) is 12.1 Å². The third kappa shape index (κ3) is 7.82. The molecule has 0 saturated heterocycles. The Bertz CT molecular complexity index is 375. The SMILES string of the molecule is CCCCCCCCCCC(N)Cc1c(F)cccc1Cl. The lowest BCUT2D eigenvalue weighted by atomic mass is 10.00. The maximum Gasteiger partial charge on any atom is 0.127 e. The van der Waals surface area contributed by atoms with E-state index in [2.05, 4.69) is 6.92 Å². The van der Waals surface area contributed by atoms with E-state index in [0.29, 0.717) is 17.0 Å². The first kappa shape index (κ1) is 18.4. The normalized spacial score (nSPS) is 12.6. The van der Waals surface area contributed by atoms with Crippen LogP contribution in [0.2, 0.25) is 5.02 Å². The average molecular weight is 314 g/mol. The summed E-state index contributed by atoms with van der Waals surface area (Å²) in [6, 6.07) is 4.80. The van der Waals surface area contributed by atoms with Crippen molar-refractivity contribution in [2.45, 2.75) is 77.2 Å². The van der Waals surface area contributed by atoms with Gasteiger partial charge in [0.1, 0.15) is 5.82 Å². The van der Waals surface area contributed by atoms with Crippen LogP contribution in [-0.4, -0.2) is 6.04 Å². The Kier molecular flexibility index (Phi) is 9.69. The van der Waals surface area contributed by atoms with Crippen molar-refractivity contribution >= 4 is 11.6 Å². The van der Waals surface area contributed by atoms with E-state index in [4.69, 9.17) is 17.3 Å². The Morgan fingerprint density at radius 2 is 1.67 bits per heavy atom. The zero-order valence-electron chi connectivity index (χ0n) is 13.2. The number of hydrogen-bond donors (Lipinski definition) is 1. The van der Waals surface area contributed by atoms with Crippen molar-refractivity contribution in [3.63, 3.8) is 0 Å². The molecular weight excluding hydrogens is 285 g/mol. The molecule has 0 heterocycles. The van der Waals surface area contributed by atoms with Crippen molar-refractivity contribution in [2.24, 2.45) is 5.73 Å². The zero-order chi connectivity index (χ0) is 15.5. The second-order valence-corrected chi connectivity index (χ2v) is 6.34. The smallest absolute Gasteiger partial charge is 0.127 e. The standard InChI is InChI=1S/C18H29ClFN/c1-2-3-4-5-6-7-8-9-11-15(21)14-16-17(19)12-10-13-18(16)20/h10,12-13,15H,2-9,11,14,21H2,1H3. The number of nitrogens with two attached hydrogens (primary N) is 1. The minimum absolute atomic E-state index is 0.000471. The lowest BCUT2D eigenvalue weighted by molar-refractivity contribution is 0.516. The average Bonchev–Trinajstić information content (AvgIpc) is 2.46. The van der Waals surface area contributed by atoms with E-state index in [1.807, 2.05) is 0 Å². The molecule has 120 valence electrons. The van der Waals surface area contributed by atoms with Gasteiger partial charge < -0.3 is 5.73 Å². The topological polar surface area (TPSA) is 26.0 Å². The second kappa shape index (κ2) is 11.0. The number of halogens is 2. The van der Waals surface area contributed by atoms with E-state index >= 15 is 0 Å². The highest BCUT2D eigenvalue weighted by Crippen LogP contribution is 2.21. The van der Waals surface area contributed by atoms with Crippen LogP contribution in [0.4, 0.5) is 4.39 Å². The van der Waals surface area contributed by atoms with Gasteiger partial charge in [0, 0.05) is 16.6 Å². The van der Waals surface area contributed by atoms with Gasteiger partial charge >= 0.3 is 0 Å². The maximum absolute atomic E-state index is 13.7. The zero-order valence-corrected chi connectivity index (χ0v) is 14.0. The first-order valence-corrected chi connectivity index (χ1v) is 8.71. The molecule has 0 radical (unpaired) electrons. The summed E-state index contributed by atoms with van der Waals surface area (Å²) >= 11 is 6.02. The van der Waals surface area contributed by atoms with Crippen LogP contribution in [-0.2, 0) is 6.42 Å². The van der Waals surface area contributed by atoms with Crippen molar-refractivity contribution in [2.75, 3.05) is 0 Å². The maximum atomic E-state index is 13.7. The summed E-state index contributed by atoms with van der Waals surface area (Å²) in [6.07, 6.45) is 11.8. The summed E-state index contributed by atoms with van der Waals surface area (Å²) < 4.78 is 13.7. The Labute approximate surface area is 134 Å². The third-order valence-corrected chi connectivity index (χ3v) is 4.31. The molecule has 1 aromatic rings. The van der Waals surface area contributed by atoms with Crippen LogP contribution in [0.5, 0.6) is 0 Å². The molecule has 0 fully saturated rings. The van der Waals surface area contributed by atoms with Crippen LogP contribution in [0.15, 0.2) is 18.2 Å².